The Kier molecular flexibility index (Phi) is 12.5. The van der Waals surface area contributed by atoms with E-state index in [1.807, 2.05) is 18.2 Å². The second kappa shape index (κ2) is 16.8. The van der Waals surface area contributed by atoms with E-state index >= 15 is 0 Å². The molecule has 52 heavy (non-hydrogen) atoms. The molecule has 0 bridgehead atoms. The third kappa shape index (κ3) is 10.9. The lowest BCUT2D eigenvalue weighted by Gasteiger charge is -2.33. The first-order valence-electron chi connectivity index (χ1n) is 18.3. The molecule has 10 nitrogen and oxygen atoms in total. The van der Waals surface area contributed by atoms with E-state index in [1.165, 1.54) is 22.5 Å². The number of halogens is 2. The van der Waals surface area contributed by atoms with Crippen LogP contribution in [0, 0.1) is 17.8 Å². The van der Waals surface area contributed by atoms with Crippen molar-refractivity contribution in [2.75, 3.05) is 5.32 Å². The van der Waals surface area contributed by atoms with Gasteiger partial charge >= 0.3 is 6.09 Å². The van der Waals surface area contributed by atoms with Crippen LogP contribution in [0.2, 0.25) is 0 Å². The van der Waals surface area contributed by atoms with Crippen molar-refractivity contribution in [3.63, 3.8) is 0 Å². The number of carbonyl (C=O) groups excluding carboxylic acids is 4. The predicted octanol–water partition coefficient (Wildman–Crippen LogP) is 7.04. The van der Waals surface area contributed by atoms with Gasteiger partial charge in [-0.15, -0.1) is 0 Å². The minimum absolute atomic E-state index is 0.0218. The summed E-state index contributed by atoms with van der Waals surface area (Å²) in [5, 5.41) is 12.4. The molecule has 12 heteroatoms. The molecule has 2 aliphatic rings. The van der Waals surface area contributed by atoms with Gasteiger partial charge in [0.15, 0.2) is 5.78 Å². The number of benzene rings is 2. The van der Waals surface area contributed by atoms with E-state index in [9.17, 15) is 28.0 Å². The summed E-state index contributed by atoms with van der Waals surface area (Å²) >= 11 is 0. The van der Waals surface area contributed by atoms with Crippen molar-refractivity contribution in [3.8, 4) is 0 Å². The highest BCUT2D eigenvalue weighted by Gasteiger charge is 2.41. The Morgan fingerprint density at radius 2 is 1.54 bits per heavy atom. The number of carbonyl (C=O) groups is 4. The van der Waals surface area contributed by atoms with Crippen LogP contribution in [0.25, 0.3) is 0 Å². The number of alkyl carbamates (subject to hydrolysis) is 1. The number of rotatable bonds is 12. The van der Waals surface area contributed by atoms with Crippen molar-refractivity contribution in [1.82, 2.24) is 20.4 Å². The van der Waals surface area contributed by atoms with Gasteiger partial charge in [-0.05, 0) is 113 Å². The number of hydrogen-bond donors (Lipinski definition) is 3. The first kappa shape index (κ1) is 38.6. The van der Waals surface area contributed by atoms with Crippen LogP contribution in [0.5, 0.6) is 0 Å². The third-order valence-corrected chi connectivity index (χ3v) is 10.2. The second-order valence-electron chi connectivity index (χ2n) is 15.4. The maximum atomic E-state index is 14.0. The molecule has 1 heterocycles. The van der Waals surface area contributed by atoms with E-state index in [0.29, 0.717) is 11.6 Å². The zero-order chi connectivity index (χ0) is 37.5. The summed E-state index contributed by atoms with van der Waals surface area (Å²) in [6.07, 6.45) is 4.86. The highest BCUT2D eigenvalue weighted by molar-refractivity contribution is 6.00. The van der Waals surface area contributed by atoms with Crippen LogP contribution in [-0.4, -0.2) is 57.1 Å². The van der Waals surface area contributed by atoms with Crippen LogP contribution in [0.1, 0.15) is 93.8 Å². The van der Waals surface area contributed by atoms with Gasteiger partial charge < -0.3 is 20.7 Å². The normalized spacial score (nSPS) is 20.3. The number of anilines is 1. The van der Waals surface area contributed by atoms with Crippen LogP contribution in [0.15, 0.2) is 66.9 Å². The molecule has 0 saturated heterocycles. The molecule has 2 aromatic carbocycles. The molecule has 2 saturated carbocycles. The van der Waals surface area contributed by atoms with Gasteiger partial charge in [-0.2, -0.15) is 5.10 Å². The summed E-state index contributed by atoms with van der Waals surface area (Å²) in [6, 6.07) is 17.0. The number of ketones is 1. The van der Waals surface area contributed by atoms with Crippen molar-refractivity contribution in [2.24, 2.45) is 24.8 Å². The van der Waals surface area contributed by atoms with Gasteiger partial charge in [0.05, 0.1) is 6.04 Å². The SMILES string of the molecule is Cn1nccc1C(=O)N[C@H](C(=O)Nc1ccc(C[C@@H](NC(=O)OC(C)(C)C)C(=O)C2CCC(Cc3ccccc3)CC2)cc1)C1CCC(F)(F)CC1. The predicted molar refractivity (Wildman–Crippen MR) is 194 cm³/mol. The van der Waals surface area contributed by atoms with Crippen LogP contribution in [-0.2, 0) is 34.2 Å². The van der Waals surface area contributed by atoms with E-state index in [1.54, 1.807) is 52.1 Å². The summed E-state index contributed by atoms with van der Waals surface area (Å²) in [4.78, 5) is 53.5. The lowest BCUT2D eigenvalue weighted by Crippen LogP contribution is -2.50. The molecule has 3 aromatic rings. The highest BCUT2D eigenvalue weighted by Crippen LogP contribution is 2.38. The molecule has 2 atom stereocenters. The van der Waals surface area contributed by atoms with E-state index in [-0.39, 0.29) is 49.5 Å². The standard InChI is InChI=1S/C40H51F2N5O5/c1-39(2,3)52-38(51)45-32(35(48)30-14-10-27(11-15-30)24-26-8-6-5-7-9-26)25-28-12-16-31(17-13-28)44-37(50)34(29-18-21-40(41,42)22-19-29)46-36(49)33-20-23-43-47(33)4/h5-9,12-13,16-17,20,23,27,29-30,32,34H,10-11,14-15,18-19,21-22,24-25H2,1-4H3,(H,44,50)(H,45,51)(H,46,49)/t27?,30?,32-,34+/m1/s1. The molecule has 0 spiro atoms. The molecular weight excluding hydrogens is 668 g/mol. The minimum Gasteiger partial charge on any atom is -0.444 e. The van der Waals surface area contributed by atoms with Crippen LogP contribution in [0.3, 0.4) is 0 Å². The Hall–Kier alpha value is -4.61. The fraction of sp³-hybridized carbons (Fsp3) is 0.525. The number of aromatic nitrogens is 2. The number of nitrogens with zero attached hydrogens (tertiary/aromatic N) is 2. The first-order valence-corrected chi connectivity index (χ1v) is 18.3. The van der Waals surface area contributed by atoms with Crippen molar-refractivity contribution in [2.45, 2.75) is 109 Å². The average Bonchev–Trinajstić information content (AvgIpc) is 3.53. The van der Waals surface area contributed by atoms with Crippen molar-refractivity contribution >= 4 is 29.4 Å². The van der Waals surface area contributed by atoms with Crippen molar-refractivity contribution in [3.05, 3.63) is 83.7 Å². The smallest absolute Gasteiger partial charge is 0.408 e. The van der Waals surface area contributed by atoms with Crippen LogP contribution < -0.4 is 16.0 Å². The number of amides is 3. The quantitative estimate of drug-likeness (QED) is 0.184. The summed E-state index contributed by atoms with van der Waals surface area (Å²) in [6.45, 7) is 5.30. The molecule has 0 aliphatic heterocycles. The topological polar surface area (TPSA) is 131 Å². The monoisotopic (exact) mass is 719 g/mol. The molecule has 0 unspecified atom stereocenters. The van der Waals surface area contributed by atoms with Gasteiger partial charge in [0.2, 0.25) is 11.8 Å². The Morgan fingerprint density at radius 3 is 2.13 bits per heavy atom. The maximum Gasteiger partial charge on any atom is 0.408 e. The molecule has 1 aromatic heterocycles. The van der Waals surface area contributed by atoms with Gasteiger partial charge in [0.1, 0.15) is 17.3 Å². The number of nitrogens with one attached hydrogen (secondary N) is 3. The number of Topliss-reactive ketones (excluding diaryl/α,β-unsaturated/α-hetero) is 1. The molecule has 3 amide bonds. The fourth-order valence-corrected chi connectivity index (χ4v) is 7.34. The molecule has 0 radical (unpaired) electrons. The van der Waals surface area contributed by atoms with Crippen LogP contribution in [0.4, 0.5) is 19.3 Å². The average molecular weight is 720 g/mol. The van der Waals surface area contributed by atoms with Gasteiger partial charge in [-0.25, -0.2) is 13.6 Å². The number of alkyl halides is 2. The Morgan fingerprint density at radius 1 is 0.885 bits per heavy atom. The zero-order valence-corrected chi connectivity index (χ0v) is 30.5. The van der Waals surface area contributed by atoms with Gasteiger partial charge in [-0.3, -0.25) is 19.1 Å². The highest BCUT2D eigenvalue weighted by atomic mass is 19.3. The molecule has 2 fully saturated rings. The van der Waals surface area contributed by atoms with Gasteiger partial charge in [0, 0.05) is 37.7 Å². The van der Waals surface area contributed by atoms with E-state index < -0.39 is 47.4 Å². The molecule has 5 rings (SSSR count). The van der Waals surface area contributed by atoms with Crippen LogP contribution >= 0.6 is 0 Å². The molecule has 280 valence electrons. The van der Waals surface area contributed by atoms with E-state index in [2.05, 4.69) is 33.2 Å². The maximum absolute atomic E-state index is 14.0. The summed E-state index contributed by atoms with van der Waals surface area (Å²) in [5.41, 5.74) is 2.01. The van der Waals surface area contributed by atoms with Gasteiger partial charge in [-0.1, -0.05) is 42.5 Å². The Labute approximate surface area is 304 Å². The van der Waals surface area contributed by atoms with Crippen molar-refractivity contribution < 1.29 is 32.7 Å². The fourth-order valence-electron chi connectivity index (χ4n) is 7.34. The largest absolute Gasteiger partial charge is 0.444 e. The molecule has 2 aliphatic carbocycles. The molecular formula is C40H51F2N5O5. The number of ether oxygens (including phenoxy) is 1. The molecule has 3 N–H and O–H groups in total. The van der Waals surface area contributed by atoms with E-state index in [4.69, 9.17) is 4.74 Å². The number of aryl methyl sites for hydroxylation is 1. The Bertz CT molecular complexity index is 1670. The van der Waals surface area contributed by atoms with Crippen molar-refractivity contribution in [1.29, 1.82) is 0 Å². The summed E-state index contributed by atoms with van der Waals surface area (Å²) in [5.74, 6) is -4.00. The zero-order valence-electron chi connectivity index (χ0n) is 30.5. The lowest BCUT2D eigenvalue weighted by molar-refractivity contribution is -0.126. The Balaban J connectivity index is 1.24. The second-order valence-corrected chi connectivity index (χ2v) is 15.4. The first-order chi connectivity index (χ1) is 24.7. The van der Waals surface area contributed by atoms with Gasteiger partial charge in [0.25, 0.3) is 5.91 Å². The lowest BCUT2D eigenvalue weighted by atomic mass is 9.76. The number of hydrogen-bond acceptors (Lipinski definition) is 6. The minimum atomic E-state index is -2.79. The summed E-state index contributed by atoms with van der Waals surface area (Å²) in [7, 11) is 1.60. The van der Waals surface area contributed by atoms with E-state index in [0.717, 1.165) is 37.7 Å². The third-order valence-electron chi connectivity index (χ3n) is 10.2. The summed E-state index contributed by atoms with van der Waals surface area (Å²) < 4.78 is 34.9.